The molecule has 3 aromatic carbocycles. The molecule has 0 aromatic heterocycles. The van der Waals surface area contributed by atoms with Crippen molar-refractivity contribution in [2.45, 2.75) is 15.5 Å². The molecule has 0 saturated carbocycles. The molecule has 0 spiro atoms. The second-order valence-corrected chi connectivity index (χ2v) is 8.53. The molecule has 4 rings (SSSR count). The zero-order valence-corrected chi connectivity index (χ0v) is 16.3. The maximum Gasteiger partial charge on any atom is 0.206 e. The molecule has 1 heterocycles. The van der Waals surface area contributed by atoms with Gasteiger partial charge in [0, 0.05) is 11.6 Å². The normalized spacial score (nSPS) is 18.0. The molecule has 1 aliphatic rings. The smallest absolute Gasteiger partial charge is 0.206 e. The van der Waals surface area contributed by atoms with E-state index < -0.39 is 15.5 Å². The number of ether oxygens (including phenoxy) is 1. The number of anilines is 1. The summed E-state index contributed by atoms with van der Waals surface area (Å²) >= 11 is 0. The number of phenols is 1. The maximum absolute atomic E-state index is 12.8. The Morgan fingerprint density at radius 1 is 1.03 bits per heavy atom. The molecule has 0 amide bonds. The molecule has 0 radical (unpaired) electrons. The predicted molar refractivity (Wildman–Crippen MR) is 110 cm³/mol. The topological polar surface area (TPSA) is 114 Å². The molecule has 4 N–H and O–H groups in total. The van der Waals surface area contributed by atoms with E-state index in [4.69, 9.17) is 10.5 Å². The van der Waals surface area contributed by atoms with Crippen LogP contribution in [-0.2, 0) is 15.5 Å². The van der Waals surface area contributed by atoms with Crippen LogP contribution in [0.2, 0.25) is 0 Å². The SMILES string of the molecule is COc1cc2c(cc1O)C(N)(c1ccc(S(=O)(=O)c3ccccc3)cc1)N=CN2. The third kappa shape index (κ3) is 3.12. The highest BCUT2D eigenvalue weighted by Crippen LogP contribution is 2.41. The molecule has 148 valence electrons. The van der Waals surface area contributed by atoms with E-state index in [0.29, 0.717) is 22.6 Å². The Balaban J connectivity index is 1.76. The Morgan fingerprint density at radius 3 is 2.34 bits per heavy atom. The van der Waals surface area contributed by atoms with Crippen molar-refractivity contribution >= 4 is 21.9 Å². The molecule has 3 aromatic rings. The average molecular weight is 409 g/mol. The van der Waals surface area contributed by atoms with E-state index >= 15 is 0 Å². The second kappa shape index (κ2) is 6.91. The van der Waals surface area contributed by atoms with Crippen molar-refractivity contribution in [1.82, 2.24) is 0 Å². The Labute approximate surface area is 168 Å². The van der Waals surface area contributed by atoms with Gasteiger partial charge >= 0.3 is 0 Å². The number of fused-ring (bicyclic) bond motifs is 1. The van der Waals surface area contributed by atoms with E-state index in [-0.39, 0.29) is 15.5 Å². The largest absolute Gasteiger partial charge is 0.504 e. The minimum absolute atomic E-state index is 0.0664. The van der Waals surface area contributed by atoms with E-state index in [1.165, 1.54) is 31.6 Å². The number of methoxy groups -OCH3 is 1. The molecule has 1 atom stereocenters. The molecule has 29 heavy (non-hydrogen) atoms. The number of nitrogens with zero attached hydrogens (tertiary/aromatic N) is 1. The number of rotatable bonds is 4. The van der Waals surface area contributed by atoms with E-state index in [1.807, 2.05) is 0 Å². The highest BCUT2D eigenvalue weighted by atomic mass is 32.2. The fourth-order valence-corrected chi connectivity index (χ4v) is 4.58. The first-order chi connectivity index (χ1) is 13.9. The molecule has 0 bridgehead atoms. The summed E-state index contributed by atoms with van der Waals surface area (Å²) in [6, 6.07) is 17.6. The summed E-state index contributed by atoms with van der Waals surface area (Å²) in [5.41, 5.74) is 7.04. The fourth-order valence-electron chi connectivity index (χ4n) is 3.29. The quantitative estimate of drug-likeness (QED) is 0.571. The number of aromatic hydroxyl groups is 1. The van der Waals surface area contributed by atoms with Crippen molar-refractivity contribution in [2.75, 3.05) is 12.4 Å². The fraction of sp³-hybridized carbons (Fsp3) is 0.0952. The van der Waals surface area contributed by atoms with Crippen LogP contribution in [0.15, 0.2) is 81.5 Å². The van der Waals surface area contributed by atoms with Crippen LogP contribution in [0.5, 0.6) is 11.5 Å². The summed E-state index contributed by atoms with van der Waals surface area (Å²) in [7, 11) is -2.17. The van der Waals surface area contributed by atoms with Gasteiger partial charge in [-0.25, -0.2) is 13.4 Å². The Kier molecular flexibility index (Phi) is 4.52. The van der Waals surface area contributed by atoms with Gasteiger partial charge in [-0.2, -0.15) is 0 Å². The first-order valence-electron chi connectivity index (χ1n) is 8.77. The number of aliphatic imine (C=N–C) groups is 1. The van der Waals surface area contributed by atoms with Gasteiger partial charge in [-0.05, 0) is 35.9 Å². The molecular formula is C21H19N3O4S. The number of sulfone groups is 1. The first-order valence-corrected chi connectivity index (χ1v) is 10.3. The third-order valence-electron chi connectivity index (χ3n) is 4.88. The van der Waals surface area contributed by atoms with Crippen LogP contribution in [-0.4, -0.2) is 27.0 Å². The number of hydrogen-bond acceptors (Lipinski definition) is 7. The zero-order chi connectivity index (χ0) is 20.6. The summed E-state index contributed by atoms with van der Waals surface area (Å²) in [5.74, 6) is 0.237. The zero-order valence-electron chi connectivity index (χ0n) is 15.5. The van der Waals surface area contributed by atoms with Crippen LogP contribution in [0.3, 0.4) is 0 Å². The molecule has 8 heteroatoms. The Hall–Kier alpha value is -3.36. The summed E-state index contributed by atoms with van der Waals surface area (Å²) in [4.78, 5) is 4.74. The van der Waals surface area contributed by atoms with Gasteiger partial charge in [0.1, 0.15) is 0 Å². The van der Waals surface area contributed by atoms with Crippen LogP contribution in [0, 0.1) is 0 Å². The van der Waals surface area contributed by atoms with Gasteiger partial charge in [-0.3, -0.25) is 5.73 Å². The van der Waals surface area contributed by atoms with Crippen LogP contribution < -0.4 is 15.8 Å². The number of nitrogens with two attached hydrogens (primary N) is 1. The Bertz CT molecular complexity index is 1190. The summed E-state index contributed by atoms with van der Waals surface area (Å²) < 4.78 is 30.7. The van der Waals surface area contributed by atoms with E-state index in [2.05, 4.69) is 10.3 Å². The lowest BCUT2D eigenvalue weighted by Crippen LogP contribution is -2.39. The standard InChI is InChI=1S/C21H19N3O4S/c1-28-20-12-18-17(11-19(20)25)21(22,24-13-23-18)14-7-9-16(10-8-14)29(26,27)15-5-3-2-4-6-15/h2-13,25H,22H2,1H3,(H,23,24). The van der Waals surface area contributed by atoms with Crippen molar-refractivity contribution in [1.29, 1.82) is 0 Å². The van der Waals surface area contributed by atoms with E-state index in [9.17, 15) is 13.5 Å². The monoisotopic (exact) mass is 409 g/mol. The number of benzene rings is 3. The minimum Gasteiger partial charge on any atom is -0.504 e. The van der Waals surface area contributed by atoms with Crippen molar-refractivity contribution in [2.24, 2.45) is 10.7 Å². The van der Waals surface area contributed by atoms with Crippen molar-refractivity contribution in [3.05, 3.63) is 77.9 Å². The lowest BCUT2D eigenvalue weighted by atomic mass is 9.90. The number of phenolic OH excluding ortho intramolecular Hbond substituents is 1. The summed E-state index contributed by atoms with van der Waals surface area (Å²) in [6.45, 7) is 0. The van der Waals surface area contributed by atoms with Crippen LogP contribution in [0.25, 0.3) is 0 Å². The minimum atomic E-state index is -3.63. The second-order valence-electron chi connectivity index (χ2n) is 6.58. The van der Waals surface area contributed by atoms with Gasteiger partial charge in [-0.1, -0.05) is 30.3 Å². The third-order valence-corrected chi connectivity index (χ3v) is 6.66. The molecule has 0 saturated heterocycles. The lowest BCUT2D eigenvalue weighted by molar-refractivity contribution is 0.372. The van der Waals surface area contributed by atoms with Gasteiger partial charge < -0.3 is 15.2 Å². The molecule has 0 fully saturated rings. The predicted octanol–water partition coefficient (Wildman–Crippen LogP) is 2.85. The average Bonchev–Trinajstić information content (AvgIpc) is 2.75. The van der Waals surface area contributed by atoms with E-state index in [1.54, 1.807) is 48.5 Å². The van der Waals surface area contributed by atoms with Gasteiger partial charge in [0.05, 0.1) is 28.9 Å². The van der Waals surface area contributed by atoms with Gasteiger partial charge in [0.25, 0.3) is 0 Å². The van der Waals surface area contributed by atoms with Gasteiger partial charge in [-0.15, -0.1) is 0 Å². The van der Waals surface area contributed by atoms with Crippen LogP contribution in [0.1, 0.15) is 11.1 Å². The highest BCUT2D eigenvalue weighted by Gasteiger charge is 2.35. The van der Waals surface area contributed by atoms with Crippen molar-refractivity contribution in [3.63, 3.8) is 0 Å². The number of nitrogens with one attached hydrogen (secondary N) is 1. The first kappa shape index (κ1) is 19.0. The van der Waals surface area contributed by atoms with Gasteiger partial charge in [0.15, 0.2) is 17.2 Å². The van der Waals surface area contributed by atoms with Crippen LogP contribution in [0.4, 0.5) is 5.69 Å². The number of hydrogen-bond donors (Lipinski definition) is 3. The highest BCUT2D eigenvalue weighted by molar-refractivity contribution is 7.91. The van der Waals surface area contributed by atoms with Crippen molar-refractivity contribution < 1.29 is 18.3 Å². The Morgan fingerprint density at radius 2 is 1.69 bits per heavy atom. The van der Waals surface area contributed by atoms with E-state index in [0.717, 1.165) is 0 Å². The van der Waals surface area contributed by atoms with Crippen molar-refractivity contribution in [3.8, 4) is 11.5 Å². The molecular weight excluding hydrogens is 390 g/mol. The van der Waals surface area contributed by atoms with Crippen LogP contribution >= 0.6 is 0 Å². The molecule has 7 nitrogen and oxygen atoms in total. The maximum atomic E-state index is 12.8. The summed E-state index contributed by atoms with van der Waals surface area (Å²) in [6.07, 6.45) is 1.47. The molecule has 1 unspecified atom stereocenters. The molecule has 1 aliphatic heterocycles. The molecule has 0 aliphatic carbocycles. The summed E-state index contributed by atoms with van der Waals surface area (Å²) in [5, 5.41) is 13.2. The van der Waals surface area contributed by atoms with Gasteiger partial charge in [0.2, 0.25) is 9.84 Å². The lowest BCUT2D eigenvalue weighted by Gasteiger charge is -2.32.